The standard InChI is InChI=1S/C14H12N2O2/c1-2-3-13-15-12(14(18)16-13)9-6-10-4-7-11(17)8-5-10/h2-9,17H,1H3. The second-order valence-electron chi connectivity index (χ2n) is 3.70. The summed E-state index contributed by atoms with van der Waals surface area (Å²) in [6, 6.07) is 6.67. The predicted octanol–water partition coefficient (Wildman–Crippen LogP) is 2.36. The summed E-state index contributed by atoms with van der Waals surface area (Å²) in [6.07, 6.45) is 6.83. The van der Waals surface area contributed by atoms with E-state index in [0.29, 0.717) is 11.5 Å². The monoisotopic (exact) mass is 240 g/mol. The van der Waals surface area contributed by atoms with E-state index >= 15 is 0 Å². The van der Waals surface area contributed by atoms with E-state index in [1.54, 1.807) is 48.6 Å². The van der Waals surface area contributed by atoms with E-state index < -0.39 is 0 Å². The molecule has 0 unspecified atom stereocenters. The minimum absolute atomic E-state index is 0.208. The molecule has 1 aromatic rings. The molecule has 0 aliphatic carbocycles. The molecule has 1 heterocycles. The van der Waals surface area contributed by atoms with Crippen LogP contribution >= 0.6 is 0 Å². The number of phenols is 1. The lowest BCUT2D eigenvalue weighted by Gasteiger charge is -1.93. The van der Waals surface area contributed by atoms with E-state index in [9.17, 15) is 4.79 Å². The van der Waals surface area contributed by atoms with Gasteiger partial charge in [-0.3, -0.25) is 4.79 Å². The molecule has 90 valence electrons. The van der Waals surface area contributed by atoms with E-state index in [4.69, 9.17) is 5.11 Å². The molecule has 2 rings (SSSR count). The molecule has 0 saturated carbocycles. The van der Waals surface area contributed by atoms with Crippen molar-refractivity contribution in [2.45, 2.75) is 6.92 Å². The molecule has 4 nitrogen and oxygen atoms in total. The molecule has 0 radical (unpaired) electrons. The minimum atomic E-state index is -0.335. The average molecular weight is 240 g/mol. The molecule has 0 fully saturated rings. The van der Waals surface area contributed by atoms with Crippen molar-refractivity contribution in [3.63, 3.8) is 0 Å². The zero-order chi connectivity index (χ0) is 13.0. The fourth-order valence-electron chi connectivity index (χ4n) is 1.45. The summed E-state index contributed by atoms with van der Waals surface area (Å²) in [7, 11) is 0. The molecule has 0 spiro atoms. The summed E-state index contributed by atoms with van der Waals surface area (Å²) in [5, 5.41) is 9.14. The SMILES string of the molecule is CC=CC1=NC(=O)C(C=Cc2ccc(O)cc2)=N1. The van der Waals surface area contributed by atoms with Gasteiger partial charge in [0.05, 0.1) is 0 Å². The van der Waals surface area contributed by atoms with Gasteiger partial charge in [0.15, 0.2) is 5.84 Å². The zero-order valence-corrected chi connectivity index (χ0v) is 9.87. The van der Waals surface area contributed by atoms with Crippen LogP contribution in [-0.4, -0.2) is 22.6 Å². The van der Waals surface area contributed by atoms with Gasteiger partial charge in [-0.05, 0) is 36.8 Å². The van der Waals surface area contributed by atoms with Gasteiger partial charge in [0.1, 0.15) is 11.5 Å². The van der Waals surface area contributed by atoms with Crippen molar-refractivity contribution in [3.8, 4) is 5.75 Å². The largest absolute Gasteiger partial charge is 0.508 e. The number of aromatic hydroxyl groups is 1. The normalized spacial score (nSPS) is 15.5. The van der Waals surface area contributed by atoms with E-state index in [2.05, 4.69) is 9.98 Å². The fourth-order valence-corrected chi connectivity index (χ4v) is 1.45. The Hall–Kier alpha value is -2.49. The lowest BCUT2D eigenvalue weighted by molar-refractivity contribution is -0.111. The minimum Gasteiger partial charge on any atom is -0.508 e. The number of aliphatic imine (C=N–C) groups is 2. The molecule has 1 aliphatic heterocycles. The second-order valence-corrected chi connectivity index (χ2v) is 3.70. The molecule has 1 amide bonds. The molecule has 4 heteroatoms. The Morgan fingerprint density at radius 2 is 1.78 bits per heavy atom. The first-order valence-corrected chi connectivity index (χ1v) is 5.50. The Bertz CT molecular complexity index is 578. The van der Waals surface area contributed by atoms with Gasteiger partial charge in [-0.2, -0.15) is 4.99 Å². The first-order chi connectivity index (χ1) is 8.69. The average Bonchev–Trinajstić information content (AvgIpc) is 2.70. The number of carbonyl (C=O) groups excluding carboxylic acids is 1. The molecular formula is C14H12N2O2. The maximum Gasteiger partial charge on any atom is 0.297 e. The van der Waals surface area contributed by atoms with Crippen LogP contribution in [0.5, 0.6) is 5.75 Å². The molecule has 1 aliphatic rings. The highest BCUT2D eigenvalue weighted by Gasteiger charge is 2.14. The van der Waals surface area contributed by atoms with Gasteiger partial charge in [-0.25, -0.2) is 4.99 Å². The van der Waals surface area contributed by atoms with Crippen LogP contribution in [0.2, 0.25) is 0 Å². The van der Waals surface area contributed by atoms with Crippen molar-refractivity contribution in [1.29, 1.82) is 0 Å². The number of allylic oxidation sites excluding steroid dienone is 1. The number of amidine groups is 1. The van der Waals surface area contributed by atoms with E-state index in [0.717, 1.165) is 5.56 Å². The number of carbonyl (C=O) groups is 1. The summed E-state index contributed by atoms with van der Waals surface area (Å²) in [5.74, 6) is 0.297. The summed E-state index contributed by atoms with van der Waals surface area (Å²) in [6.45, 7) is 1.84. The van der Waals surface area contributed by atoms with Crippen LogP contribution in [0.1, 0.15) is 12.5 Å². The highest BCUT2D eigenvalue weighted by atomic mass is 16.3. The van der Waals surface area contributed by atoms with Crippen molar-refractivity contribution >= 4 is 23.5 Å². The fraction of sp³-hybridized carbons (Fsp3) is 0.0714. The van der Waals surface area contributed by atoms with Crippen LogP contribution in [0.25, 0.3) is 6.08 Å². The Labute approximate surface area is 105 Å². The van der Waals surface area contributed by atoms with Crippen LogP contribution < -0.4 is 0 Å². The Morgan fingerprint density at radius 1 is 1.06 bits per heavy atom. The predicted molar refractivity (Wildman–Crippen MR) is 71.8 cm³/mol. The summed E-state index contributed by atoms with van der Waals surface area (Å²) in [5.41, 5.74) is 1.19. The van der Waals surface area contributed by atoms with Crippen LogP contribution in [0.3, 0.4) is 0 Å². The number of benzene rings is 1. The van der Waals surface area contributed by atoms with Crippen LogP contribution in [0.15, 0.2) is 52.5 Å². The summed E-state index contributed by atoms with van der Waals surface area (Å²) < 4.78 is 0. The van der Waals surface area contributed by atoms with Crippen molar-refractivity contribution in [2.24, 2.45) is 9.98 Å². The molecule has 0 saturated heterocycles. The van der Waals surface area contributed by atoms with Gasteiger partial charge in [0.25, 0.3) is 5.91 Å². The Balaban J connectivity index is 2.13. The Kier molecular flexibility index (Phi) is 3.48. The quantitative estimate of drug-likeness (QED) is 0.881. The number of rotatable bonds is 3. The van der Waals surface area contributed by atoms with Gasteiger partial charge in [-0.15, -0.1) is 0 Å². The van der Waals surface area contributed by atoms with Crippen LogP contribution in [0, 0.1) is 0 Å². The maximum atomic E-state index is 11.5. The number of phenolic OH excluding ortho intramolecular Hbond substituents is 1. The zero-order valence-electron chi connectivity index (χ0n) is 9.87. The van der Waals surface area contributed by atoms with Crippen molar-refractivity contribution < 1.29 is 9.90 Å². The highest BCUT2D eigenvalue weighted by Crippen LogP contribution is 2.11. The summed E-state index contributed by atoms with van der Waals surface area (Å²) >= 11 is 0. The molecular weight excluding hydrogens is 228 g/mol. The van der Waals surface area contributed by atoms with E-state index in [1.165, 1.54) is 0 Å². The molecule has 18 heavy (non-hydrogen) atoms. The molecule has 0 bridgehead atoms. The third-order valence-corrected chi connectivity index (χ3v) is 2.31. The highest BCUT2D eigenvalue weighted by molar-refractivity contribution is 6.50. The van der Waals surface area contributed by atoms with E-state index in [-0.39, 0.29) is 11.7 Å². The van der Waals surface area contributed by atoms with Gasteiger partial charge >= 0.3 is 0 Å². The first-order valence-electron chi connectivity index (χ1n) is 5.50. The third-order valence-electron chi connectivity index (χ3n) is 2.31. The maximum absolute atomic E-state index is 11.5. The number of nitrogens with zero attached hydrogens (tertiary/aromatic N) is 2. The van der Waals surface area contributed by atoms with Gasteiger partial charge in [0.2, 0.25) is 0 Å². The lowest BCUT2D eigenvalue weighted by atomic mass is 10.2. The van der Waals surface area contributed by atoms with Gasteiger partial charge in [0, 0.05) is 0 Å². The third kappa shape index (κ3) is 2.79. The number of amides is 1. The van der Waals surface area contributed by atoms with Crippen molar-refractivity contribution in [3.05, 3.63) is 48.1 Å². The van der Waals surface area contributed by atoms with Gasteiger partial charge < -0.3 is 5.11 Å². The van der Waals surface area contributed by atoms with Crippen molar-refractivity contribution in [1.82, 2.24) is 0 Å². The first kappa shape index (κ1) is 12.0. The van der Waals surface area contributed by atoms with Crippen LogP contribution in [0.4, 0.5) is 0 Å². The summed E-state index contributed by atoms with van der Waals surface area (Å²) in [4.78, 5) is 19.4. The molecule has 0 aromatic heterocycles. The van der Waals surface area contributed by atoms with E-state index in [1.807, 2.05) is 6.92 Å². The molecule has 0 atom stereocenters. The molecule has 1 N–H and O–H groups in total. The lowest BCUT2D eigenvalue weighted by Crippen LogP contribution is -2.02. The topological polar surface area (TPSA) is 62.0 Å². The van der Waals surface area contributed by atoms with Gasteiger partial charge in [-0.1, -0.05) is 24.3 Å². The number of hydrogen-bond acceptors (Lipinski definition) is 3. The smallest absolute Gasteiger partial charge is 0.297 e. The molecule has 1 aromatic carbocycles. The van der Waals surface area contributed by atoms with Crippen LogP contribution in [-0.2, 0) is 4.79 Å². The Morgan fingerprint density at radius 3 is 2.44 bits per heavy atom. The second kappa shape index (κ2) is 5.23. The number of hydrogen-bond donors (Lipinski definition) is 1. The van der Waals surface area contributed by atoms with Crippen molar-refractivity contribution in [2.75, 3.05) is 0 Å².